The monoisotopic (exact) mass is 494 g/mol. The van der Waals surface area contributed by atoms with Crippen LogP contribution in [0.3, 0.4) is 0 Å². The highest BCUT2D eigenvalue weighted by atomic mass is 32.2. The van der Waals surface area contributed by atoms with Crippen LogP contribution in [0, 0.1) is 5.82 Å². The number of methoxy groups -OCH3 is 1. The molecule has 2 aromatic rings. The van der Waals surface area contributed by atoms with E-state index in [1.54, 1.807) is 6.07 Å². The molecule has 184 valence electrons. The number of halogens is 1. The lowest BCUT2D eigenvalue weighted by molar-refractivity contribution is 0.0598. The molecule has 3 aliphatic rings. The number of nitrogens with zero attached hydrogens (tertiary/aromatic N) is 1. The van der Waals surface area contributed by atoms with Crippen LogP contribution in [0.15, 0.2) is 30.3 Å². The molecular weight excluding hydrogens is 467 g/mol. The summed E-state index contributed by atoms with van der Waals surface area (Å²) in [7, 11) is -2.35. The van der Waals surface area contributed by atoms with Gasteiger partial charge >= 0.3 is 5.97 Å². The third-order valence-corrected chi connectivity index (χ3v) is 6.03. The summed E-state index contributed by atoms with van der Waals surface area (Å²) in [6, 6.07) is 9.16. The van der Waals surface area contributed by atoms with Gasteiger partial charge in [0.15, 0.2) is 0 Å². The van der Waals surface area contributed by atoms with Gasteiger partial charge in [0.05, 0.1) is 49.9 Å². The fourth-order valence-electron chi connectivity index (χ4n) is 4.69. The van der Waals surface area contributed by atoms with Gasteiger partial charge in [-0.1, -0.05) is 18.2 Å². The summed E-state index contributed by atoms with van der Waals surface area (Å²) in [5, 5.41) is 3.15. The number of benzene rings is 2. The second-order valence-electron chi connectivity index (χ2n) is 8.41. The van der Waals surface area contributed by atoms with Crippen molar-refractivity contribution in [2.75, 3.05) is 38.2 Å². The molecule has 3 aliphatic heterocycles. The summed E-state index contributed by atoms with van der Waals surface area (Å²) in [5.41, 5.74) is 3.06. The molecule has 0 aromatic heterocycles. The molecule has 34 heavy (non-hydrogen) atoms. The van der Waals surface area contributed by atoms with Gasteiger partial charge in [0.2, 0.25) is 0 Å². The molecule has 0 aliphatic carbocycles. The van der Waals surface area contributed by atoms with Gasteiger partial charge in [0, 0.05) is 23.2 Å². The Labute approximate surface area is 197 Å². The second-order valence-corrected chi connectivity index (χ2v) is 9.88. The molecule has 0 amide bonds. The van der Waals surface area contributed by atoms with Crippen molar-refractivity contribution in [1.82, 2.24) is 5.32 Å². The van der Waals surface area contributed by atoms with E-state index in [4.69, 9.17) is 18.8 Å². The van der Waals surface area contributed by atoms with Crippen molar-refractivity contribution < 1.29 is 36.4 Å². The molecule has 11 heteroatoms. The van der Waals surface area contributed by atoms with E-state index in [0.717, 1.165) is 18.4 Å². The summed E-state index contributed by atoms with van der Waals surface area (Å²) in [6.07, 6.45) is 2.70. The van der Waals surface area contributed by atoms with Crippen LogP contribution < -0.4 is 15.0 Å². The number of carbonyl (C=O) groups excluding carboxylic acids is 1. The smallest absolute Gasteiger partial charge is 0.340 e. The molecule has 5 rings (SSSR count). The molecule has 0 spiro atoms. The summed E-state index contributed by atoms with van der Waals surface area (Å²) in [4.78, 5) is 14.7. The van der Waals surface area contributed by atoms with E-state index >= 15 is 4.39 Å². The number of ether oxygens (including phenoxy) is 3. The van der Waals surface area contributed by atoms with Crippen LogP contribution in [0.4, 0.5) is 10.1 Å². The first-order valence-corrected chi connectivity index (χ1v) is 12.7. The highest BCUT2D eigenvalue weighted by molar-refractivity contribution is 7.85. The molecule has 0 saturated carbocycles. The molecule has 9 nitrogen and oxygen atoms in total. The van der Waals surface area contributed by atoms with Gasteiger partial charge < -0.3 is 19.1 Å². The lowest BCUT2D eigenvalue weighted by Gasteiger charge is -2.37. The average Bonchev–Trinajstić information content (AvgIpc) is 3.04. The van der Waals surface area contributed by atoms with Crippen LogP contribution in [0.1, 0.15) is 28.8 Å². The molecule has 0 radical (unpaired) electrons. The average molecular weight is 495 g/mol. The summed E-state index contributed by atoms with van der Waals surface area (Å²) >= 11 is 0. The van der Waals surface area contributed by atoms with E-state index in [0.29, 0.717) is 55.3 Å². The minimum atomic E-state index is -3.67. The molecule has 2 saturated heterocycles. The Kier molecular flexibility index (Phi) is 7.08. The topological polar surface area (TPSA) is 114 Å². The standard InChI is InChI=1S/C22H23FN2O4.CH4O3S/c1-27-22(26)18-7-19(23)17(16-4-2-3-13-9-24-12-29-21(13)16)8-20(18)25-14-5-6-15(25)11-28-10-14;1-5(2,3)4/h2-4,7-8,14-15,24H,5-6,9-12H2,1H3;1H3,(H,2,3,4). The van der Waals surface area contributed by atoms with Crippen molar-refractivity contribution in [3.05, 3.63) is 47.3 Å². The Morgan fingerprint density at radius 3 is 2.53 bits per heavy atom. The summed E-state index contributed by atoms with van der Waals surface area (Å²) < 4.78 is 57.5. The molecule has 3 heterocycles. The first-order chi connectivity index (χ1) is 16.2. The van der Waals surface area contributed by atoms with Gasteiger partial charge in [0.25, 0.3) is 10.1 Å². The summed E-state index contributed by atoms with van der Waals surface area (Å²) in [5.74, 6) is -0.316. The first-order valence-electron chi connectivity index (χ1n) is 10.8. The van der Waals surface area contributed by atoms with E-state index in [1.165, 1.54) is 13.2 Å². The van der Waals surface area contributed by atoms with E-state index in [-0.39, 0.29) is 17.6 Å². The van der Waals surface area contributed by atoms with E-state index in [9.17, 15) is 13.2 Å². The van der Waals surface area contributed by atoms with Crippen molar-refractivity contribution in [3.63, 3.8) is 0 Å². The Hall–Kier alpha value is -2.73. The first kappa shape index (κ1) is 24.4. The zero-order valence-corrected chi connectivity index (χ0v) is 19.7. The highest BCUT2D eigenvalue weighted by Gasteiger charge is 2.39. The van der Waals surface area contributed by atoms with Crippen molar-refractivity contribution in [2.45, 2.75) is 31.5 Å². The van der Waals surface area contributed by atoms with Gasteiger partial charge in [-0.05, 0) is 25.0 Å². The quantitative estimate of drug-likeness (QED) is 0.491. The Balaban J connectivity index is 0.000000499. The van der Waals surface area contributed by atoms with Crippen LogP contribution >= 0.6 is 0 Å². The van der Waals surface area contributed by atoms with Gasteiger partial charge in [-0.25, -0.2) is 9.18 Å². The zero-order valence-electron chi connectivity index (χ0n) is 18.9. The number of anilines is 1. The van der Waals surface area contributed by atoms with Crippen molar-refractivity contribution in [2.24, 2.45) is 0 Å². The Morgan fingerprint density at radius 1 is 1.21 bits per heavy atom. The normalized spacial score (nSPS) is 21.1. The van der Waals surface area contributed by atoms with E-state index < -0.39 is 21.9 Å². The number of fused-ring (bicyclic) bond motifs is 3. The highest BCUT2D eigenvalue weighted by Crippen LogP contribution is 2.42. The summed E-state index contributed by atoms with van der Waals surface area (Å²) in [6.45, 7) is 2.27. The molecule has 2 unspecified atom stereocenters. The van der Waals surface area contributed by atoms with Gasteiger partial charge in [-0.15, -0.1) is 0 Å². The SMILES string of the molecule is COC(=O)c1cc(F)c(-c2cccc3c2OCNC3)cc1N1C2CCC1COC2.CS(=O)(=O)O. The third-order valence-electron chi connectivity index (χ3n) is 6.03. The van der Waals surface area contributed by atoms with Crippen molar-refractivity contribution >= 4 is 21.8 Å². The van der Waals surface area contributed by atoms with Crippen molar-refractivity contribution in [1.29, 1.82) is 0 Å². The maximum atomic E-state index is 15.2. The minimum Gasteiger partial charge on any atom is -0.477 e. The molecule has 2 aromatic carbocycles. The number of rotatable bonds is 3. The number of nitrogens with one attached hydrogen (secondary N) is 1. The fraction of sp³-hybridized carbons (Fsp3) is 0.435. The molecular formula is C23H27FN2O7S. The van der Waals surface area contributed by atoms with Crippen molar-refractivity contribution in [3.8, 4) is 16.9 Å². The van der Waals surface area contributed by atoms with E-state index in [1.807, 2.05) is 18.2 Å². The predicted octanol–water partition coefficient (Wildman–Crippen LogP) is 2.59. The molecule has 2 fully saturated rings. The molecule has 2 atom stereocenters. The largest absolute Gasteiger partial charge is 0.477 e. The minimum absolute atomic E-state index is 0.181. The van der Waals surface area contributed by atoms with Crippen LogP contribution in [0.25, 0.3) is 11.1 Å². The van der Waals surface area contributed by atoms with Crippen LogP contribution in [-0.2, 0) is 26.1 Å². The van der Waals surface area contributed by atoms with Gasteiger partial charge in [-0.2, -0.15) is 8.42 Å². The van der Waals surface area contributed by atoms with Crippen LogP contribution in [0.2, 0.25) is 0 Å². The lowest BCUT2D eigenvalue weighted by atomic mass is 9.97. The zero-order chi connectivity index (χ0) is 24.5. The number of carbonyl (C=O) groups is 1. The number of para-hydroxylation sites is 1. The maximum absolute atomic E-state index is 15.2. The van der Waals surface area contributed by atoms with E-state index in [2.05, 4.69) is 10.2 Å². The second kappa shape index (κ2) is 9.87. The lowest BCUT2D eigenvalue weighted by Crippen LogP contribution is -2.46. The fourth-order valence-corrected chi connectivity index (χ4v) is 4.69. The predicted molar refractivity (Wildman–Crippen MR) is 123 cm³/mol. The number of esters is 1. The molecule has 2 N–H and O–H groups in total. The molecule has 2 bridgehead atoms. The number of hydrogen-bond acceptors (Lipinski definition) is 8. The number of morpholine rings is 1. The van der Waals surface area contributed by atoms with Crippen LogP contribution in [0.5, 0.6) is 5.75 Å². The van der Waals surface area contributed by atoms with Gasteiger partial charge in [0.1, 0.15) is 18.3 Å². The Bertz CT molecular complexity index is 1160. The maximum Gasteiger partial charge on any atom is 0.340 e. The van der Waals surface area contributed by atoms with Crippen LogP contribution in [-0.4, -0.2) is 64.3 Å². The Morgan fingerprint density at radius 2 is 1.88 bits per heavy atom. The van der Waals surface area contributed by atoms with Gasteiger partial charge in [-0.3, -0.25) is 9.87 Å². The third kappa shape index (κ3) is 5.17. The number of hydrogen-bond donors (Lipinski definition) is 2.